The maximum atomic E-state index is 5.81. The minimum atomic E-state index is 0.426. The number of hydrogen-bond acceptors (Lipinski definition) is 4. The van der Waals surface area contributed by atoms with E-state index in [2.05, 4.69) is 19.2 Å². The van der Waals surface area contributed by atoms with E-state index in [-0.39, 0.29) is 0 Å². The van der Waals surface area contributed by atoms with Crippen LogP contribution in [0.25, 0.3) is 0 Å². The van der Waals surface area contributed by atoms with Crippen LogP contribution in [0.15, 0.2) is 23.1 Å². The van der Waals surface area contributed by atoms with Crippen molar-refractivity contribution in [3.63, 3.8) is 0 Å². The molecule has 1 rings (SSSR count). The van der Waals surface area contributed by atoms with Crippen LogP contribution in [0.1, 0.15) is 19.4 Å². The highest BCUT2D eigenvalue weighted by Crippen LogP contribution is 2.26. The summed E-state index contributed by atoms with van der Waals surface area (Å²) in [4.78, 5) is 1.52. The largest absolute Gasteiger partial charge is 0.389 e. The Bertz CT molecular complexity index is 422. The fourth-order valence-corrected chi connectivity index (χ4v) is 2.60. The zero-order valence-corrected chi connectivity index (χ0v) is 13.4. The molecule has 0 aliphatic carbocycles. The van der Waals surface area contributed by atoms with Crippen LogP contribution in [0.4, 0.5) is 5.69 Å². The van der Waals surface area contributed by atoms with E-state index in [9.17, 15) is 0 Å². The zero-order valence-electron chi connectivity index (χ0n) is 11.7. The SMILES string of the molecule is CSc1cccc(NCCOCC(C)C)c1C(N)=S. The first-order valence-corrected chi connectivity index (χ1v) is 7.98. The third-order valence-corrected chi connectivity index (χ3v) is 3.49. The molecule has 1 aromatic carbocycles. The molecule has 5 heteroatoms. The van der Waals surface area contributed by atoms with Gasteiger partial charge < -0.3 is 15.8 Å². The van der Waals surface area contributed by atoms with Crippen LogP contribution in [-0.2, 0) is 4.74 Å². The van der Waals surface area contributed by atoms with Crippen LogP contribution >= 0.6 is 24.0 Å². The minimum Gasteiger partial charge on any atom is -0.389 e. The van der Waals surface area contributed by atoms with Gasteiger partial charge >= 0.3 is 0 Å². The first kappa shape index (κ1) is 16.3. The van der Waals surface area contributed by atoms with E-state index in [1.807, 2.05) is 24.5 Å². The molecular formula is C14H22N2OS2. The average Bonchev–Trinajstić information content (AvgIpc) is 2.37. The number of thioether (sulfide) groups is 1. The van der Waals surface area contributed by atoms with Gasteiger partial charge in [-0.05, 0) is 24.3 Å². The summed E-state index contributed by atoms with van der Waals surface area (Å²) in [5.41, 5.74) is 7.71. The molecule has 1 aromatic rings. The second-order valence-corrected chi connectivity index (χ2v) is 5.93. The maximum absolute atomic E-state index is 5.81. The highest BCUT2D eigenvalue weighted by molar-refractivity contribution is 7.98. The van der Waals surface area contributed by atoms with Crippen molar-refractivity contribution in [2.45, 2.75) is 18.7 Å². The number of benzene rings is 1. The predicted molar refractivity (Wildman–Crippen MR) is 88.3 cm³/mol. The molecule has 0 heterocycles. The highest BCUT2D eigenvalue weighted by Gasteiger charge is 2.09. The maximum Gasteiger partial charge on any atom is 0.107 e. The Balaban J connectivity index is 2.60. The molecule has 0 saturated heterocycles. The smallest absolute Gasteiger partial charge is 0.107 e. The van der Waals surface area contributed by atoms with Gasteiger partial charge in [-0.1, -0.05) is 32.1 Å². The van der Waals surface area contributed by atoms with Gasteiger partial charge in [0.2, 0.25) is 0 Å². The highest BCUT2D eigenvalue weighted by atomic mass is 32.2. The lowest BCUT2D eigenvalue weighted by atomic mass is 10.1. The summed E-state index contributed by atoms with van der Waals surface area (Å²) in [6.07, 6.45) is 2.02. The molecule has 19 heavy (non-hydrogen) atoms. The summed E-state index contributed by atoms with van der Waals surface area (Å²) in [7, 11) is 0. The number of anilines is 1. The molecule has 3 nitrogen and oxygen atoms in total. The molecular weight excluding hydrogens is 276 g/mol. The summed E-state index contributed by atoms with van der Waals surface area (Å²) >= 11 is 6.78. The predicted octanol–water partition coefficient (Wildman–Crippen LogP) is 3.13. The quantitative estimate of drug-likeness (QED) is 0.439. The van der Waals surface area contributed by atoms with Crippen molar-refractivity contribution in [3.8, 4) is 0 Å². The molecule has 0 amide bonds. The van der Waals surface area contributed by atoms with Crippen molar-refractivity contribution >= 4 is 34.7 Å². The summed E-state index contributed by atoms with van der Waals surface area (Å²) in [5, 5.41) is 3.34. The van der Waals surface area contributed by atoms with Gasteiger partial charge in [-0.2, -0.15) is 0 Å². The number of thiocarbonyl (C=S) groups is 1. The van der Waals surface area contributed by atoms with E-state index in [4.69, 9.17) is 22.7 Å². The first-order valence-electron chi connectivity index (χ1n) is 6.34. The van der Waals surface area contributed by atoms with Gasteiger partial charge in [0.25, 0.3) is 0 Å². The lowest BCUT2D eigenvalue weighted by Crippen LogP contribution is -2.17. The fourth-order valence-electron chi connectivity index (χ4n) is 1.68. The number of ether oxygens (including phenoxy) is 1. The number of nitrogens with two attached hydrogens (primary N) is 1. The molecule has 0 atom stereocenters. The Labute approximate surface area is 125 Å². The third-order valence-electron chi connectivity index (χ3n) is 2.51. The molecule has 106 valence electrons. The van der Waals surface area contributed by atoms with E-state index in [1.54, 1.807) is 11.8 Å². The van der Waals surface area contributed by atoms with E-state index >= 15 is 0 Å². The molecule has 0 aliphatic rings. The van der Waals surface area contributed by atoms with Crippen LogP contribution in [0.5, 0.6) is 0 Å². The summed E-state index contributed by atoms with van der Waals surface area (Å²) in [6.45, 7) is 6.49. The van der Waals surface area contributed by atoms with Gasteiger partial charge in [-0.25, -0.2) is 0 Å². The van der Waals surface area contributed by atoms with Gasteiger partial charge in [0, 0.05) is 29.3 Å². The van der Waals surface area contributed by atoms with Gasteiger partial charge in [0.15, 0.2) is 0 Å². The number of hydrogen-bond donors (Lipinski definition) is 2. The molecule has 0 bridgehead atoms. The van der Waals surface area contributed by atoms with Crippen molar-refractivity contribution in [3.05, 3.63) is 23.8 Å². The van der Waals surface area contributed by atoms with Crippen molar-refractivity contribution in [1.82, 2.24) is 0 Å². The summed E-state index contributed by atoms with van der Waals surface area (Å²) < 4.78 is 5.54. The van der Waals surface area contributed by atoms with Gasteiger partial charge in [-0.15, -0.1) is 11.8 Å². The molecule has 0 radical (unpaired) electrons. The Morgan fingerprint density at radius 1 is 1.47 bits per heavy atom. The lowest BCUT2D eigenvalue weighted by molar-refractivity contribution is 0.118. The molecule has 3 N–H and O–H groups in total. The van der Waals surface area contributed by atoms with Crippen molar-refractivity contribution in [1.29, 1.82) is 0 Å². The Morgan fingerprint density at radius 3 is 2.79 bits per heavy atom. The number of nitrogens with one attached hydrogen (secondary N) is 1. The van der Waals surface area contributed by atoms with Crippen molar-refractivity contribution in [2.75, 3.05) is 31.3 Å². The average molecular weight is 298 g/mol. The molecule has 0 saturated carbocycles. The van der Waals surface area contributed by atoms with Crippen molar-refractivity contribution in [2.24, 2.45) is 11.7 Å². The fraction of sp³-hybridized carbons (Fsp3) is 0.500. The van der Waals surface area contributed by atoms with E-state index < -0.39 is 0 Å². The van der Waals surface area contributed by atoms with Crippen LogP contribution in [0.3, 0.4) is 0 Å². The second kappa shape index (κ2) is 8.40. The Hall–Kier alpha value is -0.780. The first-order chi connectivity index (χ1) is 9.06. The van der Waals surface area contributed by atoms with E-state index in [0.717, 1.165) is 29.3 Å². The summed E-state index contributed by atoms with van der Waals surface area (Å²) in [6, 6.07) is 6.03. The second-order valence-electron chi connectivity index (χ2n) is 4.64. The van der Waals surface area contributed by atoms with Crippen LogP contribution in [0, 0.1) is 5.92 Å². The van der Waals surface area contributed by atoms with Crippen LogP contribution in [0.2, 0.25) is 0 Å². The zero-order chi connectivity index (χ0) is 14.3. The molecule has 0 aromatic heterocycles. The van der Waals surface area contributed by atoms with Gasteiger partial charge in [0.05, 0.1) is 6.61 Å². The Morgan fingerprint density at radius 2 is 2.21 bits per heavy atom. The molecule has 0 fully saturated rings. The molecule has 0 unspecified atom stereocenters. The van der Waals surface area contributed by atoms with E-state index in [0.29, 0.717) is 17.5 Å². The lowest BCUT2D eigenvalue weighted by Gasteiger charge is -2.14. The van der Waals surface area contributed by atoms with Crippen LogP contribution in [-0.4, -0.2) is 31.0 Å². The minimum absolute atomic E-state index is 0.426. The summed E-state index contributed by atoms with van der Waals surface area (Å²) in [5.74, 6) is 0.562. The monoisotopic (exact) mass is 298 g/mol. The number of rotatable bonds is 8. The van der Waals surface area contributed by atoms with E-state index in [1.165, 1.54) is 0 Å². The van der Waals surface area contributed by atoms with Crippen LogP contribution < -0.4 is 11.1 Å². The topological polar surface area (TPSA) is 47.3 Å². The third kappa shape index (κ3) is 5.38. The van der Waals surface area contributed by atoms with Gasteiger partial charge in [-0.3, -0.25) is 0 Å². The normalized spacial score (nSPS) is 10.7. The molecule has 0 spiro atoms. The van der Waals surface area contributed by atoms with Gasteiger partial charge in [0.1, 0.15) is 4.99 Å². The van der Waals surface area contributed by atoms with Crippen molar-refractivity contribution < 1.29 is 4.74 Å². The standard InChI is InChI=1S/C14H22N2OS2/c1-10(2)9-17-8-7-16-11-5-4-6-12(19-3)13(11)14(15)18/h4-6,10,16H,7-9H2,1-3H3,(H2,15,18). The molecule has 0 aliphatic heterocycles. The Kier molecular flexibility index (Phi) is 7.20.